The van der Waals surface area contributed by atoms with Crippen LogP contribution in [0.15, 0.2) is 84.0 Å². The van der Waals surface area contributed by atoms with Crippen LogP contribution in [0.1, 0.15) is 32.7 Å². The van der Waals surface area contributed by atoms with Crippen LogP contribution in [0.25, 0.3) is 10.9 Å². The lowest BCUT2D eigenvalue weighted by atomic mass is 10.00. The van der Waals surface area contributed by atoms with Crippen molar-refractivity contribution >= 4 is 22.5 Å². The van der Waals surface area contributed by atoms with E-state index >= 15 is 0 Å². The van der Waals surface area contributed by atoms with Crippen LogP contribution in [0, 0.1) is 13.8 Å². The van der Waals surface area contributed by atoms with Crippen LogP contribution in [0.3, 0.4) is 0 Å². The van der Waals surface area contributed by atoms with E-state index in [1.165, 1.54) is 5.56 Å². The molecule has 4 nitrogen and oxygen atoms in total. The van der Waals surface area contributed by atoms with Gasteiger partial charge in [0.25, 0.3) is 5.91 Å². The highest BCUT2D eigenvalue weighted by Crippen LogP contribution is 2.16. The normalized spacial score (nSPS) is 11.6. The summed E-state index contributed by atoms with van der Waals surface area (Å²) in [5, 5.41) is 5.47. The number of carbonyl (C=O) groups excluding carboxylic acids is 1. The van der Waals surface area contributed by atoms with Gasteiger partial charge in [-0.2, -0.15) is 5.10 Å². The third kappa shape index (κ3) is 3.71. The monoisotopic (exact) mass is 367 g/mol. The van der Waals surface area contributed by atoms with Crippen molar-refractivity contribution in [2.75, 3.05) is 0 Å². The number of rotatable bonds is 4. The second kappa shape index (κ2) is 7.53. The number of para-hydroxylation sites is 1. The molecule has 2 N–H and O–H groups in total. The minimum absolute atomic E-state index is 0.270. The van der Waals surface area contributed by atoms with Gasteiger partial charge in [-0.3, -0.25) is 4.79 Å². The van der Waals surface area contributed by atoms with Gasteiger partial charge in [-0.15, -0.1) is 0 Å². The molecule has 1 aromatic heterocycles. The average Bonchev–Trinajstić information content (AvgIpc) is 3.14. The topological polar surface area (TPSA) is 57.2 Å². The molecule has 0 saturated carbocycles. The SMILES string of the molecule is Cc1ccc(/C(=N\NC(=O)c2cc3ccccc3[nH]2)c2cccc(C)c2)cc1. The van der Waals surface area contributed by atoms with Crippen molar-refractivity contribution in [2.24, 2.45) is 5.10 Å². The summed E-state index contributed by atoms with van der Waals surface area (Å²) in [5.41, 5.74) is 9.07. The molecule has 0 saturated heterocycles. The molecular weight excluding hydrogens is 346 g/mol. The van der Waals surface area contributed by atoms with Crippen molar-refractivity contribution in [3.8, 4) is 0 Å². The number of hydrazone groups is 1. The van der Waals surface area contributed by atoms with Crippen molar-refractivity contribution < 1.29 is 4.79 Å². The lowest BCUT2D eigenvalue weighted by Crippen LogP contribution is -2.21. The van der Waals surface area contributed by atoms with Gasteiger partial charge in [-0.05, 0) is 32.0 Å². The highest BCUT2D eigenvalue weighted by Gasteiger charge is 2.11. The van der Waals surface area contributed by atoms with Crippen LogP contribution >= 0.6 is 0 Å². The zero-order valence-electron chi connectivity index (χ0n) is 15.9. The Morgan fingerprint density at radius 2 is 1.61 bits per heavy atom. The summed E-state index contributed by atoms with van der Waals surface area (Å²) in [6, 6.07) is 25.9. The fraction of sp³-hybridized carbons (Fsp3) is 0.0833. The fourth-order valence-electron chi connectivity index (χ4n) is 3.16. The molecule has 4 heteroatoms. The summed E-state index contributed by atoms with van der Waals surface area (Å²) in [7, 11) is 0. The summed E-state index contributed by atoms with van der Waals surface area (Å²) >= 11 is 0. The van der Waals surface area contributed by atoms with E-state index < -0.39 is 0 Å². The van der Waals surface area contributed by atoms with Crippen LogP contribution < -0.4 is 5.43 Å². The smallest absolute Gasteiger partial charge is 0.287 e. The quantitative estimate of drug-likeness (QED) is 0.388. The number of benzene rings is 3. The first kappa shape index (κ1) is 17.7. The lowest BCUT2D eigenvalue weighted by Gasteiger charge is -2.09. The first-order valence-electron chi connectivity index (χ1n) is 9.20. The predicted molar refractivity (Wildman–Crippen MR) is 114 cm³/mol. The molecular formula is C24H21N3O. The number of aryl methyl sites for hydroxylation is 2. The fourth-order valence-corrected chi connectivity index (χ4v) is 3.16. The Hall–Kier alpha value is -3.66. The molecule has 4 rings (SSSR count). The van der Waals surface area contributed by atoms with Gasteiger partial charge >= 0.3 is 0 Å². The van der Waals surface area contributed by atoms with Crippen LogP contribution in [-0.2, 0) is 0 Å². The van der Waals surface area contributed by atoms with Gasteiger partial charge in [0, 0.05) is 22.0 Å². The Morgan fingerprint density at radius 1 is 0.821 bits per heavy atom. The van der Waals surface area contributed by atoms with Gasteiger partial charge in [0.05, 0.1) is 5.71 Å². The maximum Gasteiger partial charge on any atom is 0.287 e. The summed E-state index contributed by atoms with van der Waals surface area (Å²) in [6.07, 6.45) is 0. The average molecular weight is 367 g/mol. The molecule has 0 aliphatic carbocycles. The Balaban J connectivity index is 1.68. The molecule has 0 bridgehead atoms. The highest BCUT2D eigenvalue weighted by atomic mass is 16.2. The minimum Gasteiger partial charge on any atom is -0.350 e. The van der Waals surface area contributed by atoms with E-state index in [1.54, 1.807) is 0 Å². The Kier molecular flexibility index (Phi) is 4.77. The van der Waals surface area contributed by atoms with Gasteiger partial charge < -0.3 is 4.98 Å². The van der Waals surface area contributed by atoms with Crippen molar-refractivity contribution in [3.05, 3.63) is 107 Å². The van der Waals surface area contributed by atoms with Gasteiger partial charge in [0.2, 0.25) is 0 Å². The number of hydrogen-bond acceptors (Lipinski definition) is 2. The Bertz CT molecular complexity index is 1140. The molecule has 1 heterocycles. The first-order valence-corrected chi connectivity index (χ1v) is 9.20. The van der Waals surface area contributed by atoms with Crippen molar-refractivity contribution in [1.82, 2.24) is 10.4 Å². The largest absolute Gasteiger partial charge is 0.350 e. The van der Waals surface area contributed by atoms with Gasteiger partial charge in [-0.1, -0.05) is 71.8 Å². The molecule has 0 aliphatic heterocycles. The summed E-state index contributed by atoms with van der Waals surface area (Å²) in [4.78, 5) is 15.8. The number of nitrogens with zero attached hydrogens (tertiary/aromatic N) is 1. The molecule has 138 valence electrons. The van der Waals surface area contributed by atoms with Gasteiger partial charge in [0.1, 0.15) is 5.69 Å². The molecule has 0 atom stereocenters. The highest BCUT2D eigenvalue weighted by molar-refractivity contribution is 6.13. The van der Waals surface area contributed by atoms with Crippen molar-refractivity contribution in [3.63, 3.8) is 0 Å². The Labute approximate surface area is 163 Å². The Morgan fingerprint density at radius 3 is 2.36 bits per heavy atom. The van der Waals surface area contributed by atoms with E-state index in [2.05, 4.69) is 21.6 Å². The molecule has 3 aromatic carbocycles. The van der Waals surface area contributed by atoms with Crippen molar-refractivity contribution in [1.29, 1.82) is 0 Å². The molecule has 4 aromatic rings. The molecule has 28 heavy (non-hydrogen) atoms. The maximum absolute atomic E-state index is 12.7. The number of carbonyl (C=O) groups is 1. The van der Waals surface area contributed by atoms with Gasteiger partial charge in [-0.25, -0.2) is 5.43 Å². The van der Waals surface area contributed by atoms with Crippen LogP contribution in [0.5, 0.6) is 0 Å². The predicted octanol–water partition coefficient (Wildman–Crippen LogP) is 4.97. The zero-order valence-corrected chi connectivity index (χ0v) is 15.9. The number of amides is 1. The molecule has 0 aliphatic rings. The van der Waals surface area contributed by atoms with Crippen molar-refractivity contribution in [2.45, 2.75) is 13.8 Å². The first-order chi connectivity index (χ1) is 13.6. The number of H-pyrrole nitrogens is 1. The van der Waals surface area contributed by atoms with E-state index in [4.69, 9.17) is 0 Å². The second-order valence-corrected chi connectivity index (χ2v) is 6.91. The molecule has 0 radical (unpaired) electrons. The van der Waals surface area contributed by atoms with E-state index in [0.29, 0.717) is 5.69 Å². The summed E-state index contributed by atoms with van der Waals surface area (Å²) in [5.74, 6) is -0.270. The number of aromatic nitrogens is 1. The summed E-state index contributed by atoms with van der Waals surface area (Å²) < 4.78 is 0. The van der Waals surface area contributed by atoms with Gasteiger partial charge in [0.15, 0.2) is 0 Å². The number of aromatic amines is 1. The standard InChI is InChI=1S/C24H21N3O/c1-16-10-12-18(13-11-16)23(20-8-5-6-17(2)14-20)26-27-24(28)22-15-19-7-3-4-9-21(19)25-22/h3-15,25H,1-2H3,(H,27,28)/b26-23+. The second-order valence-electron chi connectivity index (χ2n) is 6.91. The number of nitrogens with one attached hydrogen (secondary N) is 2. The number of hydrogen-bond donors (Lipinski definition) is 2. The van der Waals surface area contributed by atoms with Crippen LogP contribution in [0.2, 0.25) is 0 Å². The molecule has 0 spiro atoms. The molecule has 0 fully saturated rings. The lowest BCUT2D eigenvalue weighted by molar-refractivity contribution is 0.0951. The summed E-state index contributed by atoms with van der Waals surface area (Å²) in [6.45, 7) is 4.09. The minimum atomic E-state index is -0.270. The van der Waals surface area contributed by atoms with E-state index in [9.17, 15) is 4.79 Å². The number of fused-ring (bicyclic) bond motifs is 1. The third-order valence-electron chi connectivity index (χ3n) is 4.66. The molecule has 0 unspecified atom stereocenters. The molecule has 1 amide bonds. The van der Waals surface area contributed by atoms with Crippen LogP contribution in [0.4, 0.5) is 0 Å². The van der Waals surface area contributed by atoms with Crippen LogP contribution in [-0.4, -0.2) is 16.6 Å². The third-order valence-corrected chi connectivity index (χ3v) is 4.66. The zero-order chi connectivity index (χ0) is 19.5. The van der Waals surface area contributed by atoms with E-state index in [-0.39, 0.29) is 5.91 Å². The maximum atomic E-state index is 12.7. The van der Waals surface area contributed by atoms with E-state index in [0.717, 1.165) is 33.3 Å². The van der Waals surface area contributed by atoms with E-state index in [1.807, 2.05) is 86.6 Å².